The topological polar surface area (TPSA) is 119 Å². The molecule has 6 heterocycles. The van der Waals surface area contributed by atoms with Crippen molar-refractivity contribution < 1.29 is 32.6 Å². The lowest BCUT2D eigenvalue weighted by Crippen LogP contribution is -2.40. The van der Waals surface area contributed by atoms with Crippen LogP contribution in [0, 0.1) is 11.6 Å². The molecular formula is C36H36F2N6O5. The molecule has 0 saturated carbocycles. The normalized spacial score (nSPS) is 16.1. The van der Waals surface area contributed by atoms with Gasteiger partial charge in [-0.3, -0.25) is 19.4 Å². The van der Waals surface area contributed by atoms with Crippen LogP contribution in [-0.4, -0.2) is 87.1 Å². The number of fused-ring (bicyclic) bond motifs is 3. The van der Waals surface area contributed by atoms with Gasteiger partial charge in [0.15, 0.2) is 5.58 Å². The number of aliphatic hydroxyl groups excluding tert-OH is 1. The summed E-state index contributed by atoms with van der Waals surface area (Å²) in [6.45, 7) is 8.73. The number of halogens is 2. The summed E-state index contributed by atoms with van der Waals surface area (Å²) in [5.74, 6) is -1.85. The molecule has 2 aliphatic heterocycles. The molecule has 1 N–H and O–H groups in total. The number of nitrogens with zero attached hydrogens (tertiary/aromatic N) is 6. The molecule has 0 bridgehead atoms. The van der Waals surface area contributed by atoms with Crippen molar-refractivity contribution in [1.29, 1.82) is 0 Å². The van der Waals surface area contributed by atoms with Crippen molar-refractivity contribution in [2.75, 3.05) is 46.6 Å². The molecule has 49 heavy (non-hydrogen) atoms. The van der Waals surface area contributed by atoms with Gasteiger partial charge in [-0.2, -0.15) is 5.10 Å². The zero-order valence-corrected chi connectivity index (χ0v) is 27.3. The van der Waals surface area contributed by atoms with E-state index in [1.54, 1.807) is 17.2 Å². The number of carbonyl (C=O) groups is 1. The lowest BCUT2D eigenvalue weighted by Gasteiger charge is -2.33. The SMILES string of the molecule is C=CC(=O)N1CCn2nc(-c3nc(-c4cnc5c(c4)CN(CCO)CC5)c4occc4c3-c3c(F)cc(F)cc3OCCOC)cc2[C@H]1C. The fourth-order valence-electron chi connectivity index (χ4n) is 6.79. The summed E-state index contributed by atoms with van der Waals surface area (Å²) >= 11 is 0. The van der Waals surface area contributed by atoms with E-state index in [0.717, 1.165) is 42.0 Å². The Bertz CT molecular complexity index is 2060. The zero-order valence-electron chi connectivity index (χ0n) is 27.3. The Hall–Kier alpha value is -4.98. The molecule has 1 atom stereocenters. The quantitative estimate of drug-likeness (QED) is 0.159. The molecular weight excluding hydrogens is 634 g/mol. The zero-order chi connectivity index (χ0) is 34.2. The summed E-state index contributed by atoms with van der Waals surface area (Å²) < 4.78 is 49.7. The Kier molecular flexibility index (Phi) is 8.97. The smallest absolute Gasteiger partial charge is 0.246 e. The minimum Gasteiger partial charge on any atom is -0.490 e. The first-order valence-electron chi connectivity index (χ1n) is 16.2. The second kappa shape index (κ2) is 13.5. The molecule has 0 fully saturated rings. The minimum absolute atomic E-state index is 0.00338. The molecule has 1 amide bonds. The third kappa shape index (κ3) is 5.98. The van der Waals surface area contributed by atoms with Crippen molar-refractivity contribution in [1.82, 2.24) is 29.5 Å². The van der Waals surface area contributed by atoms with Gasteiger partial charge in [-0.1, -0.05) is 6.58 Å². The predicted molar refractivity (Wildman–Crippen MR) is 178 cm³/mol. The number of rotatable bonds is 10. The number of aromatic nitrogens is 4. The van der Waals surface area contributed by atoms with E-state index < -0.39 is 11.6 Å². The van der Waals surface area contributed by atoms with Crippen molar-refractivity contribution in [3.63, 3.8) is 0 Å². The molecule has 5 aromatic rings. The highest BCUT2D eigenvalue weighted by atomic mass is 19.1. The first-order valence-corrected chi connectivity index (χ1v) is 16.2. The van der Waals surface area contributed by atoms with E-state index in [4.69, 9.17) is 29.0 Å². The van der Waals surface area contributed by atoms with Gasteiger partial charge >= 0.3 is 0 Å². The van der Waals surface area contributed by atoms with E-state index in [1.807, 2.05) is 23.7 Å². The Labute approximate surface area is 281 Å². The van der Waals surface area contributed by atoms with Crippen molar-refractivity contribution in [3.8, 4) is 39.5 Å². The maximum absolute atomic E-state index is 16.1. The van der Waals surface area contributed by atoms with Gasteiger partial charge in [-0.15, -0.1) is 0 Å². The highest BCUT2D eigenvalue weighted by Gasteiger charge is 2.32. The number of furan rings is 1. The van der Waals surface area contributed by atoms with Crippen LogP contribution < -0.4 is 4.74 Å². The number of carbonyl (C=O) groups excluding carboxylic acids is 1. The molecule has 0 radical (unpaired) electrons. The van der Waals surface area contributed by atoms with E-state index >= 15 is 4.39 Å². The molecule has 254 valence electrons. The fourth-order valence-corrected chi connectivity index (χ4v) is 6.79. The average Bonchev–Trinajstić information content (AvgIpc) is 3.76. The first-order chi connectivity index (χ1) is 23.8. The third-order valence-electron chi connectivity index (χ3n) is 9.19. The van der Waals surface area contributed by atoms with Crippen LogP contribution in [0.25, 0.3) is 44.7 Å². The van der Waals surface area contributed by atoms with E-state index in [9.17, 15) is 14.3 Å². The second-order valence-corrected chi connectivity index (χ2v) is 12.1. The van der Waals surface area contributed by atoms with Gasteiger partial charge in [0, 0.05) is 80.2 Å². The molecule has 13 heteroatoms. The van der Waals surface area contributed by atoms with E-state index in [1.165, 1.54) is 19.4 Å². The van der Waals surface area contributed by atoms with E-state index in [-0.39, 0.29) is 43.1 Å². The Morgan fingerprint density at radius 1 is 1.14 bits per heavy atom. The third-order valence-corrected chi connectivity index (χ3v) is 9.19. The number of hydrogen-bond donors (Lipinski definition) is 1. The monoisotopic (exact) mass is 670 g/mol. The van der Waals surface area contributed by atoms with Crippen LogP contribution >= 0.6 is 0 Å². The summed E-state index contributed by atoms with van der Waals surface area (Å²) in [5, 5.41) is 15.0. The maximum atomic E-state index is 16.1. The number of benzene rings is 1. The van der Waals surface area contributed by atoms with Gasteiger partial charge in [0.05, 0.1) is 43.3 Å². The number of aliphatic hydroxyl groups is 1. The average molecular weight is 671 g/mol. The van der Waals surface area contributed by atoms with Crippen molar-refractivity contribution >= 4 is 16.9 Å². The molecule has 7 rings (SSSR count). The number of methoxy groups -OCH3 is 1. The largest absolute Gasteiger partial charge is 0.490 e. The van der Waals surface area contributed by atoms with Crippen molar-refractivity contribution in [2.24, 2.45) is 0 Å². The Morgan fingerprint density at radius 3 is 2.80 bits per heavy atom. The van der Waals surface area contributed by atoms with Gasteiger partial charge in [0.1, 0.15) is 41.1 Å². The van der Waals surface area contributed by atoms with Crippen molar-refractivity contribution in [3.05, 3.63) is 84.0 Å². The van der Waals surface area contributed by atoms with Crippen molar-refractivity contribution in [2.45, 2.75) is 32.5 Å². The summed E-state index contributed by atoms with van der Waals surface area (Å²) in [5.41, 5.74) is 5.38. The number of β-amino-alcohol motifs (C(OH)–C–C–N with tert-alkyl or cyclic N) is 1. The Balaban J connectivity index is 1.46. The molecule has 0 spiro atoms. The lowest BCUT2D eigenvalue weighted by molar-refractivity contribution is -0.129. The lowest BCUT2D eigenvalue weighted by atomic mass is 9.94. The fraction of sp³-hybridized carbons (Fsp3) is 0.333. The van der Waals surface area contributed by atoms with E-state index in [2.05, 4.69) is 11.5 Å². The number of hydrogen-bond acceptors (Lipinski definition) is 9. The van der Waals surface area contributed by atoms with Gasteiger partial charge in [-0.25, -0.2) is 13.8 Å². The van der Waals surface area contributed by atoms with E-state index in [0.29, 0.717) is 65.4 Å². The molecule has 4 aromatic heterocycles. The van der Waals surface area contributed by atoms with Crippen LogP contribution in [0.5, 0.6) is 5.75 Å². The molecule has 1 aromatic carbocycles. The van der Waals surface area contributed by atoms with Gasteiger partial charge in [0.2, 0.25) is 5.91 Å². The van der Waals surface area contributed by atoms with Crippen LogP contribution in [0.4, 0.5) is 8.78 Å². The van der Waals surface area contributed by atoms with Crippen LogP contribution in [0.1, 0.15) is 29.9 Å². The number of ether oxygens (including phenoxy) is 2. The molecule has 2 aliphatic rings. The van der Waals surface area contributed by atoms with Gasteiger partial charge in [-0.05, 0) is 36.8 Å². The summed E-state index contributed by atoms with van der Waals surface area (Å²) in [6, 6.07) is 7.23. The highest BCUT2D eigenvalue weighted by Crippen LogP contribution is 2.46. The first kappa shape index (κ1) is 32.6. The summed E-state index contributed by atoms with van der Waals surface area (Å²) in [6.07, 6.45) is 5.30. The number of amides is 1. The molecule has 0 saturated heterocycles. The molecule has 0 unspecified atom stereocenters. The molecule has 11 nitrogen and oxygen atoms in total. The maximum Gasteiger partial charge on any atom is 0.246 e. The van der Waals surface area contributed by atoms with Crippen LogP contribution in [0.3, 0.4) is 0 Å². The van der Waals surface area contributed by atoms with Crippen LogP contribution in [-0.2, 0) is 29.0 Å². The van der Waals surface area contributed by atoms with Crippen LogP contribution in [0.2, 0.25) is 0 Å². The highest BCUT2D eigenvalue weighted by molar-refractivity contribution is 6.06. The molecule has 0 aliphatic carbocycles. The minimum atomic E-state index is -0.842. The van der Waals surface area contributed by atoms with Gasteiger partial charge in [0.25, 0.3) is 0 Å². The van der Waals surface area contributed by atoms with Gasteiger partial charge < -0.3 is 23.9 Å². The second-order valence-electron chi connectivity index (χ2n) is 12.1. The standard InChI is InChI=1S/C36H36F2N6O5/c1-4-31(46)43-8-9-44-29(21(43)2)18-28(41-44)35-32(33-26(38)16-24(37)17-30(33)48-14-13-47-3)25-6-12-49-36(25)34(40-35)22-15-23-20-42(10-11-45)7-5-27(23)39-19-22/h4,6,12,15-19,21,45H,1,5,7-11,13-14,20H2,2-3H3/t21-/m1/s1. The predicted octanol–water partition coefficient (Wildman–Crippen LogP) is 5.16. The Morgan fingerprint density at radius 2 is 2.00 bits per heavy atom. The number of pyridine rings is 2. The van der Waals surface area contributed by atoms with Crippen LogP contribution in [0.15, 0.2) is 59.9 Å². The summed E-state index contributed by atoms with van der Waals surface area (Å²) in [4.78, 5) is 26.4. The summed E-state index contributed by atoms with van der Waals surface area (Å²) in [7, 11) is 1.51.